The first-order valence-electron chi connectivity index (χ1n) is 7.74. The van der Waals surface area contributed by atoms with Crippen molar-refractivity contribution in [3.63, 3.8) is 0 Å². The number of aliphatic carboxylic acids is 1. The number of nitrogens with two attached hydrogens (primary N) is 1. The molecule has 0 heterocycles. The van der Waals surface area contributed by atoms with Crippen molar-refractivity contribution >= 4 is 11.9 Å². The van der Waals surface area contributed by atoms with Crippen molar-refractivity contribution in [2.75, 3.05) is 6.54 Å². The number of amides is 1. The Balaban J connectivity index is 2.07. The van der Waals surface area contributed by atoms with E-state index in [0.29, 0.717) is 25.3 Å². The van der Waals surface area contributed by atoms with E-state index in [-0.39, 0.29) is 5.91 Å². The maximum Gasteiger partial charge on any atom is 0.329 e. The number of hydrogen-bond acceptors (Lipinski definition) is 3. The number of carbonyl (C=O) groups is 2. The number of nitrogens with one attached hydrogen (secondary N) is 1. The van der Waals surface area contributed by atoms with Crippen LogP contribution in [0.4, 0.5) is 0 Å². The van der Waals surface area contributed by atoms with Crippen LogP contribution < -0.4 is 11.1 Å². The van der Waals surface area contributed by atoms with Crippen LogP contribution in [-0.2, 0) is 9.59 Å². The molecule has 0 aromatic heterocycles. The van der Waals surface area contributed by atoms with E-state index in [4.69, 9.17) is 5.73 Å². The van der Waals surface area contributed by atoms with Crippen LogP contribution in [0.5, 0.6) is 0 Å². The molecule has 0 aromatic carbocycles. The molecule has 0 unspecified atom stereocenters. The van der Waals surface area contributed by atoms with Crippen molar-refractivity contribution in [2.24, 2.45) is 17.1 Å². The molecule has 0 atom stereocenters. The minimum Gasteiger partial charge on any atom is -0.480 e. The third-order valence-corrected chi connectivity index (χ3v) is 5.48. The monoisotopic (exact) mass is 282 g/mol. The van der Waals surface area contributed by atoms with Gasteiger partial charge in [-0.05, 0) is 44.4 Å². The number of carbonyl (C=O) groups excluding carboxylic acids is 1. The Morgan fingerprint density at radius 1 is 1.25 bits per heavy atom. The van der Waals surface area contributed by atoms with E-state index in [9.17, 15) is 14.7 Å². The van der Waals surface area contributed by atoms with Gasteiger partial charge in [-0.2, -0.15) is 0 Å². The van der Waals surface area contributed by atoms with E-state index in [2.05, 4.69) is 12.2 Å². The van der Waals surface area contributed by atoms with Crippen molar-refractivity contribution in [1.29, 1.82) is 0 Å². The van der Waals surface area contributed by atoms with Crippen molar-refractivity contribution in [3.05, 3.63) is 0 Å². The number of rotatable bonds is 5. The van der Waals surface area contributed by atoms with E-state index in [1.165, 1.54) is 0 Å². The Morgan fingerprint density at radius 2 is 1.85 bits per heavy atom. The molecule has 2 aliphatic carbocycles. The quantitative estimate of drug-likeness (QED) is 0.715. The molecule has 5 nitrogen and oxygen atoms in total. The predicted molar refractivity (Wildman–Crippen MR) is 76.1 cm³/mol. The zero-order valence-corrected chi connectivity index (χ0v) is 12.3. The lowest BCUT2D eigenvalue weighted by Gasteiger charge is -2.44. The first-order chi connectivity index (χ1) is 9.48. The fourth-order valence-electron chi connectivity index (χ4n) is 3.45. The zero-order chi connectivity index (χ0) is 14.8. The lowest BCUT2D eigenvalue weighted by molar-refractivity contribution is -0.153. The second kappa shape index (κ2) is 5.72. The van der Waals surface area contributed by atoms with Crippen molar-refractivity contribution in [3.8, 4) is 0 Å². The summed E-state index contributed by atoms with van der Waals surface area (Å²) in [5, 5.41) is 12.4. The van der Waals surface area contributed by atoms with Gasteiger partial charge < -0.3 is 16.2 Å². The van der Waals surface area contributed by atoms with Gasteiger partial charge in [0.1, 0.15) is 5.54 Å². The summed E-state index contributed by atoms with van der Waals surface area (Å²) in [7, 11) is 0. The van der Waals surface area contributed by atoms with E-state index >= 15 is 0 Å². The molecule has 0 radical (unpaired) electrons. The van der Waals surface area contributed by atoms with E-state index in [0.717, 1.165) is 38.5 Å². The van der Waals surface area contributed by atoms with Crippen molar-refractivity contribution in [1.82, 2.24) is 5.32 Å². The third-order valence-electron chi connectivity index (χ3n) is 5.48. The van der Waals surface area contributed by atoms with Crippen molar-refractivity contribution in [2.45, 2.75) is 63.8 Å². The second-order valence-corrected chi connectivity index (χ2v) is 6.53. The summed E-state index contributed by atoms with van der Waals surface area (Å²) in [6, 6.07) is 0. The fourth-order valence-corrected chi connectivity index (χ4v) is 3.45. The zero-order valence-electron chi connectivity index (χ0n) is 12.3. The van der Waals surface area contributed by atoms with Gasteiger partial charge in [-0.15, -0.1) is 0 Å². The molecule has 1 amide bonds. The van der Waals surface area contributed by atoms with Gasteiger partial charge >= 0.3 is 5.97 Å². The molecule has 0 saturated heterocycles. The summed E-state index contributed by atoms with van der Waals surface area (Å²) < 4.78 is 0. The highest BCUT2D eigenvalue weighted by atomic mass is 16.4. The van der Waals surface area contributed by atoms with Gasteiger partial charge in [0.2, 0.25) is 5.91 Å². The maximum atomic E-state index is 12.5. The van der Waals surface area contributed by atoms with Crippen LogP contribution in [0.15, 0.2) is 0 Å². The van der Waals surface area contributed by atoms with Gasteiger partial charge in [0.05, 0.1) is 5.41 Å². The van der Waals surface area contributed by atoms with Crippen LogP contribution in [0, 0.1) is 11.3 Å². The average molecular weight is 282 g/mol. The molecule has 0 spiro atoms. The summed E-state index contributed by atoms with van der Waals surface area (Å²) in [4.78, 5) is 24.1. The van der Waals surface area contributed by atoms with Crippen LogP contribution in [0.1, 0.15) is 58.3 Å². The Morgan fingerprint density at radius 3 is 2.20 bits per heavy atom. The number of carboxylic acids is 1. The molecule has 5 heteroatoms. The van der Waals surface area contributed by atoms with E-state index in [1.807, 2.05) is 0 Å². The molecule has 2 saturated carbocycles. The first kappa shape index (κ1) is 15.3. The SMILES string of the molecule is CCC1CCC(NC(=O)C2(CN)CCC2)(C(=O)O)CC1. The van der Waals surface area contributed by atoms with Gasteiger partial charge in [0.15, 0.2) is 0 Å². The topological polar surface area (TPSA) is 92.4 Å². The van der Waals surface area contributed by atoms with Crippen LogP contribution in [-0.4, -0.2) is 29.1 Å². The summed E-state index contributed by atoms with van der Waals surface area (Å²) in [6.45, 7) is 2.45. The number of carboxylic acid groups (broad SMARTS) is 1. The molecule has 20 heavy (non-hydrogen) atoms. The Bertz CT molecular complexity index is 377. The largest absolute Gasteiger partial charge is 0.480 e. The van der Waals surface area contributed by atoms with Crippen molar-refractivity contribution < 1.29 is 14.7 Å². The van der Waals surface area contributed by atoms with Crippen LogP contribution in [0.3, 0.4) is 0 Å². The molecule has 0 bridgehead atoms. The molecular weight excluding hydrogens is 256 g/mol. The highest BCUT2D eigenvalue weighted by Crippen LogP contribution is 2.42. The van der Waals surface area contributed by atoms with Gasteiger partial charge in [0, 0.05) is 6.54 Å². The lowest BCUT2D eigenvalue weighted by Crippen LogP contribution is -2.62. The smallest absolute Gasteiger partial charge is 0.329 e. The van der Waals surface area contributed by atoms with Gasteiger partial charge in [-0.25, -0.2) is 4.79 Å². The highest BCUT2D eigenvalue weighted by Gasteiger charge is 2.49. The van der Waals surface area contributed by atoms with Crippen LogP contribution in [0.2, 0.25) is 0 Å². The molecular formula is C15H26N2O3. The molecule has 0 aliphatic heterocycles. The predicted octanol–water partition coefficient (Wildman–Crippen LogP) is 1.66. The molecule has 114 valence electrons. The lowest BCUT2D eigenvalue weighted by atomic mass is 9.67. The Labute approximate surface area is 120 Å². The summed E-state index contributed by atoms with van der Waals surface area (Å²) in [5.74, 6) is -0.456. The Hall–Kier alpha value is -1.10. The third kappa shape index (κ3) is 2.55. The summed E-state index contributed by atoms with van der Waals surface area (Å²) >= 11 is 0. The van der Waals surface area contributed by atoms with Gasteiger partial charge in [-0.1, -0.05) is 19.8 Å². The molecule has 2 fully saturated rings. The second-order valence-electron chi connectivity index (χ2n) is 6.53. The van der Waals surface area contributed by atoms with Crippen LogP contribution >= 0.6 is 0 Å². The van der Waals surface area contributed by atoms with Gasteiger partial charge in [-0.3, -0.25) is 4.79 Å². The van der Waals surface area contributed by atoms with E-state index in [1.54, 1.807) is 0 Å². The highest BCUT2D eigenvalue weighted by molar-refractivity contribution is 5.90. The summed E-state index contributed by atoms with van der Waals surface area (Å²) in [6.07, 6.45) is 6.46. The standard InChI is InChI=1S/C15H26N2O3/c1-2-11-4-8-15(9-5-11,13(19)20)17-12(18)14(10-16)6-3-7-14/h11H,2-10,16H2,1H3,(H,17,18)(H,19,20). The normalized spacial score (nSPS) is 32.2. The first-order valence-corrected chi connectivity index (χ1v) is 7.74. The Kier molecular flexibility index (Phi) is 4.37. The molecule has 2 rings (SSSR count). The average Bonchev–Trinajstić information content (AvgIpc) is 2.38. The minimum atomic E-state index is -1.07. The molecule has 0 aromatic rings. The van der Waals surface area contributed by atoms with Gasteiger partial charge in [0.25, 0.3) is 0 Å². The fraction of sp³-hybridized carbons (Fsp3) is 0.867. The summed E-state index contributed by atoms with van der Waals surface area (Å²) in [5.41, 5.74) is 4.15. The van der Waals surface area contributed by atoms with Crippen LogP contribution in [0.25, 0.3) is 0 Å². The van der Waals surface area contributed by atoms with E-state index < -0.39 is 16.9 Å². The maximum absolute atomic E-state index is 12.5. The molecule has 4 N–H and O–H groups in total. The minimum absolute atomic E-state index is 0.149. The molecule has 2 aliphatic rings. The number of hydrogen-bond donors (Lipinski definition) is 3.